The van der Waals surface area contributed by atoms with Gasteiger partial charge in [-0.2, -0.15) is 0 Å². The first-order valence-corrected chi connectivity index (χ1v) is 5.99. The minimum Gasteiger partial charge on any atom is -0.366 e. The van der Waals surface area contributed by atoms with E-state index in [2.05, 4.69) is 6.08 Å². The monoisotopic (exact) mass is 232 g/mol. The Morgan fingerprint density at radius 3 is 2.71 bits per heavy atom. The van der Waals surface area contributed by atoms with E-state index in [0.717, 1.165) is 5.56 Å². The fourth-order valence-corrected chi connectivity index (χ4v) is 2.20. The van der Waals surface area contributed by atoms with Crippen molar-refractivity contribution in [2.24, 2.45) is 0 Å². The molecule has 0 aliphatic carbocycles. The van der Waals surface area contributed by atoms with Gasteiger partial charge in [-0.25, -0.2) is 0 Å². The van der Waals surface area contributed by atoms with Crippen molar-refractivity contribution in [1.29, 1.82) is 0 Å². The summed E-state index contributed by atoms with van der Waals surface area (Å²) in [5.74, 6) is 0. The first-order chi connectivity index (χ1) is 8.33. The van der Waals surface area contributed by atoms with Gasteiger partial charge in [0.25, 0.3) is 0 Å². The van der Waals surface area contributed by atoms with Crippen LogP contribution >= 0.6 is 0 Å². The molecule has 0 saturated carbocycles. The molecule has 0 radical (unpaired) electrons. The lowest BCUT2D eigenvalue weighted by Crippen LogP contribution is -2.44. The Labute approximate surface area is 101 Å². The highest BCUT2D eigenvalue weighted by Gasteiger charge is 2.34. The molecule has 0 unspecified atom stereocenters. The average Bonchev–Trinajstić information content (AvgIpc) is 2.39. The maximum absolute atomic E-state index is 5.89. The van der Waals surface area contributed by atoms with Crippen molar-refractivity contribution >= 4 is 0 Å². The zero-order valence-corrected chi connectivity index (χ0v) is 9.78. The Hall–Kier alpha value is -1.16. The van der Waals surface area contributed by atoms with Crippen LogP contribution in [-0.2, 0) is 14.2 Å². The predicted octanol–water partition coefficient (Wildman–Crippen LogP) is 2.44. The molecule has 3 heteroatoms. The third-order valence-electron chi connectivity index (χ3n) is 3.09. The van der Waals surface area contributed by atoms with E-state index in [1.807, 2.05) is 43.3 Å². The van der Waals surface area contributed by atoms with Gasteiger partial charge in [0.1, 0.15) is 12.2 Å². The van der Waals surface area contributed by atoms with Crippen molar-refractivity contribution in [3.8, 4) is 0 Å². The Morgan fingerprint density at radius 1 is 1.06 bits per heavy atom. The van der Waals surface area contributed by atoms with Crippen LogP contribution in [-0.4, -0.2) is 24.9 Å². The van der Waals surface area contributed by atoms with E-state index >= 15 is 0 Å². The van der Waals surface area contributed by atoms with E-state index in [1.54, 1.807) is 0 Å². The van der Waals surface area contributed by atoms with Gasteiger partial charge in [-0.15, -0.1) is 0 Å². The van der Waals surface area contributed by atoms with Gasteiger partial charge in [-0.3, -0.25) is 0 Å². The zero-order chi connectivity index (χ0) is 11.7. The smallest absolute Gasteiger partial charge is 0.184 e. The maximum Gasteiger partial charge on any atom is 0.184 e. The van der Waals surface area contributed by atoms with Crippen LogP contribution in [0.25, 0.3) is 0 Å². The molecule has 3 rings (SSSR count). The number of hydrogen-bond donors (Lipinski definition) is 0. The van der Waals surface area contributed by atoms with Crippen LogP contribution in [0.4, 0.5) is 0 Å². The molecule has 1 saturated heterocycles. The molecule has 0 amide bonds. The van der Waals surface area contributed by atoms with Crippen molar-refractivity contribution in [2.75, 3.05) is 6.61 Å². The van der Waals surface area contributed by atoms with E-state index in [4.69, 9.17) is 14.2 Å². The number of rotatable bonds is 1. The number of hydrogen-bond acceptors (Lipinski definition) is 3. The zero-order valence-electron chi connectivity index (χ0n) is 9.78. The third kappa shape index (κ3) is 2.27. The first kappa shape index (κ1) is 11.0. The molecule has 2 heterocycles. The predicted molar refractivity (Wildman–Crippen MR) is 63.5 cm³/mol. The lowest BCUT2D eigenvalue weighted by molar-refractivity contribution is -0.261. The molecule has 4 atom stereocenters. The Morgan fingerprint density at radius 2 is 1.88 bits per heavy atom. The minimum atomic E-state index is -0.279. The molecule has 90 valence electrons. The summed E-state index contributed by atoms with van der Waals surface area (Å²) in [5, 5.41) is 0. The quantitative estimate of drug-likeness (QED) is 0.696. The molecule has 2 aliphatic rings. The lowest BCUT2D eigenvalue weighted by Gasteiger charge is -2.38. The normalized spacial score (nSPS) is 36.5. The maximum atomic E-state index is 5.89. The fraction of sp³-hybridized carbons (Fsp3) is 0.429. The summed E-state index contributed by atoms with van der Waals surface area (Å²) in [7, 11) is 0. The van der Waals surface area contributed by atoms with Gasteiger partial charge in [-0.1, -0.05) is 42.5 Å². The molecule has 1 aromatic carbocycles. The fourth-order valence-electron chi connectivity index (χ4n) is 2.20. The van der Waals surface area contributed by atoms with Crippen LogP contribution in [0.3, 0.4) is 0 Å². The topological polar surface area (TPSA) is 27.7 Å². The molecule has 1 aromatic rings. The average molecular weight is 232 g/mol. The molecule has 0 spiro atoms. The van der Waals surface area contributed by atoms with Crippen LogP contribution in [0.15, 0.2) is 42.5 Å². The minimum absolute atomic E-state index is 0.00477. The summed E-state index contributed by atoms with van der Waals surface area (Å²) >= 11 is 0. The van der Waals surface area contributed by atoms with Crippen molar-refractivity contribution < 1.29 is 14.2 Å². The molecular formula is C14H16O3. The van der Waals surface area contributed by atoms with Gasteiger partial charge in [-0.05, 0) is 6.92 Å². The lowest BCUT2D eigenvalue weighted by atomic mass is 10.1. The largest absolute Gasteiger partial charge is 0.366 e. The van der Waals surface area contributed by atoms with E-state index in [1.165, 1.54) is 0 Å². The number of ether oxygens (including phenoxy) is 3. The Kier molecular flexibility index (Phi) is 2.97. The third-order valence-corrected chi connectivity index (χ3v) is 3.09. The molecule has 2 aliphatic heterocycles. The molecular weight excluding hydrogens is 216 g/mol. The second kappa shape index (κ2) is 4.61. The molecule has 0 aromatic heterocycles. The number of benzene rings is 1. The summed E-state index contributed by atoms with van der Waals surface area (Å²) in [6, 6.07) is 10.00. The van der Waals surface area contributed by atoms with Crippen LogP contribution in [0.1, 0.15) is 18.8 Å². The van der Waals surface area contributed by atoms with Crippen LogP contribution in [0, 0.1) is 0 Å². The highest BCUT2D eigenvalue weighted by molar-refractivity contribution is 5.17. The highest BCUT2D eigenvalue weighted by atomic mass is 16.7. The number of fused-ring (bicyclic) bond motifs is 1. The second-order valence-corrected chi connectivity index (χ2v) is 4.44. The van der Waals surface area contributed by atoms with E-state index in [-0.39, 0.29) is 24.6 Å². The van der Waals surface area contributed by atoms with Crippen molar-refractivity contribution in [2.45, 2.75) is 31.5 Å². The van der Waals surface area contributed by atoms with Crippen molar-refractivity contribution in [3.05, 3.63) is 48.0 Å². The van der Waals surface area contributed by atoms with Crippen LogP contribution in [0.2, 0.25) is 0 Å². The summed E-state index contributed by atoms with van der Waals surface area (Å²) in [4.78, 5) is 0. The van der Waals surface area contributed by atoms with E-state index in [0.29, 0.717) is 6.61 Å². The van der Waals surface area contributed by atoms with Gasteiger partial charge in [0.2, 0.25) is 0 Å². The second-order valence-electron chi connectivity index (χ2n) is 4.44. The van der Waals surface area contributed by atoms with Crippen molar-refractivity contribution in [1.82, 2.24) is 0 Å². The highest BCUT2D eigenvalue weighted by Crippen LogP contribution is 2.30. The van der Waals surface area contributed by atoms with Crippen LogP contribution in [0.5, 0.6) is 0 Å². The summed E-state index contributed by atoms with van der Waals surface area (Å²) in [5.41, 5.74) is 1.05. The van der Waals surface area contributed by atoms with E-state index in [9.17, 15) is 0 Å². The van der Waals surface area contributed by atoms with Gasteiger partial charge < -0.3 is 14.2 Å². The molecule has 3 nitrogen and oxygen atoms in total. The van der Waals surface area contributed by atoms with Gasteiger partial charge >= 0.3 is 0 Å². The Bertz CT molecular complexity index is 401. The molecule has 17 heavy (non-hydrogen) atoms. The SMILES string of the molecule is C[C@H]1C=C[C@@H]2O[C@@H](c3ccccc3)OC[C@H]2O1. The molecule has 0 bridgehead atoms. The molecule has 1 fully saturated rings. The van der Waals surface area contributed by atoms with Gasteiger partial charge in [0, 0.05) is 5.56 Å². The molecule has 0 N–H and O–H groups in total. The van der Waals surface area contributed by atoms with Gasteiger partial charge in [0.15, 0.2) is 6.29 Å². The summed E-state index contributed by atoms with van der Waals surface area (Å²) < 4.78 is 17.3. The standard InChI is InChI=1S/C14H16O3/c1-10-7-8-12-13(16-10)9-15-14(17-12)11-5-3-2-4-6-11/h2-8,10,12-14H,9H2,1H3/t10-,12-,13+,14-/m0/s1. The van der Waals surface area contributed by atoms with E-state index < -0.39 is 0 Å². The van der Waals surface area contributed by atoms with Gasteiger partial charge in [0.05, 0.1) is 12.7 Å². The summed E-state index contributed by atoms with van der Waals surface area (Å²) in [6.07, 6.45) is 4.02. The summed E-state index contributed by atoms with van der Waals surface area (Å²) in [6.45, 7) is 2.61. The first-order valence-electron chi connectivity index (χ1n) is 5.99. The van der Waals surface area contributed by atoms with Crippen molar-refractivity contribution in [3.63, 3.8) is 0 Å². The van der Waals surface area contributed by atoms with Crippen LogP contribution < -0.4 is 0 Å². The Balaban J connectivity index is 1.74.